The first-order chi connectivity index (χ1) is 12.8. The van der Waals surface area contributed by atoms with E-state index in [0.29, 0.717) is 12.4 Å². The predicted molar refractivity (Wildman–Crippen MR) is 106 cm³/mol. The summed E-state index contributed by atoms with van der Waals surface area (Å²) in [5.74, 6) is 0.181. The van der Waals surface area contributed by atoms with Crippen LogP contribution in [-0.4, -0.2) is 52.3 Å². The quantitative estimate of drug-likeness (QED) is 0.718. The number of rotatable bonds is 6. The molecular weight excluding hydrogens is 386 g/mol. The Morgan fingerprint density at radius 1 is 1.04 bits per heavy atom. The van der Waals surface area contributed by atoms with E-state index in [1.165, 1.54) is 25.0 Å². The second-order valence-corrected chi connectivity index (χ2v) is 11.8. The fourth-order valence-corrected chi connectivity index (χ4v) is 8.77. The lowest BCUT2D eigenvalue weighted by Crippen LogP contribution is -2.47. The normalized spacial score (nSPS) is 26.6. The van der Waals surface area contributed by atoms with Crippen molar-refractivity contribution in [2.24, 2.45) is 0 Å². The molecule has 2 fully saturated rings. The zero-order valence-corrected chi connectivity index (χ0v) is 17.4. The highest BCUT2D eigenvalue weighted by molar-refractivity contribution is 7.96. The largest absolute Gasteiger partial charge is 0.494 e. The van der Waals surface area contributed by atoms with Crippen molar-refractivity contribution in [3.63, 3.8) is 0 Å². The fourth-order valence-electron chi connectivity index (χ4n) is 4.09. The van der Waals surface area contributed by atoms with Crippen molar-refractivity contribution in [3.8, 4) is 5.75 Å². The third-order valence-electron chi connectivity index (χ3n) is 5.47. The van der Waals surface area contributed by atoms with Crippen LogP contribution < -0.4 is 10.1 Å². The van der Waals surface area contributed by atoms with Crippen molar-refractivity contribution >= 4 is 19.7 Å². The highest BCUT2D eigenvalue weighted by Crippen LogP contribution is 2.28. The minimum Gasteiger partial charge on any atom is -0.494 e. The Kier molecular flexibility index (Phi) is 6.48. The van der Waals surface area contributed by atoms with E-state index >= 15 is 0 Å². The SMILES string of the molecule is CCOc1ccc(S(=O)(=O)[C@H]2CS(=O)(=O)C[C@@H]2NC2CCCCCC2)cc1. The Morgan fingerprint density at radius 3 is 2.26 bits per heavy atom. The van der Waals surface area contributed by atoms with Gasteiger partial charge in [-0.15, -0.1) is 0 Å². The molecule has 1 aliphatic carbocycles. The van der Waals surface area contributed by atoms with E-state index < -0.39 is 31.0 Å². The van der Waals surface area contributed by atoms with Crippen LogP contribution in [0.5, 0.6) is 5.75 Å². The molecule has 0 radical (unpaired) electrons. The second kappa shape index (κ2) is 8.49. The van der Waals surface area contributed by atoms with Gasteiger partial charge in [-0.1, -0.05) is 25.7 Å². The zero-order valence-electron chi connectivity index (χ0n) is 15.8. The molecule has 1 saturated heterocycles. The van der Waals surface area contributed by atoms with Crippen molar-refractivity contribution in [1.29, 1.82) is 0 Å². The van der Waals surface area contributed by atoms with Crippen molar-refractivity contribution in [3.05, 3.63) is 24.3 Å². The second-order valence-electron chi connectivity index (χ2n) is 7.53. The number of benzene rings is 1. The van der Waals surface area contributed by atoms with Crippen LogP contribution in [0.15, 0.2) is 29.2 Å². The minimum atomic E-state index is -3.75. The van der Waals surface area contributed by atoms with Gasteiger partial charge in [-0.2, -0.15) is 0 Å². The van der Waals surface area contributed by atoms with Gasteiger partial charge >= 0.3 is 0 Å². The zero-order chi connectivity index (χ0) is 19.5. The number of sulfone groups is 2. The Balaban J connectivity index is 1.81. The lowest BCUT2D eigenvalue weighted by molar-refractivity contribution is 0.340. The molecule has 2 atom stereocenters. The Bertz CT molecular complexity index is 825. The van der Waals surface area contributed by atoms with Gasteiger partial charge in [0.15, 0.2) is 19.7 Å². The standard InChI is InChI=1S/C19H29NO5S2/c1-2-25-16-9-11-17(12-10-16)27(23,24)19-14-26(21,22)13-18(19)20-15-7-5-3-4-6-8-15/h9-12,15,18-20H,2-8,13-14H2,1H3/t18-,19-/m0/s1. The average molecular weight is 416 g/mol. The van der Waals surface area contributed by atoms with Gasteiger partial charge in [-0.05, 0) is 44.0 Å². The van der Waals surface area contributed by atoms with Crippen LogP contribution in [0.3, 0.4) is 0 Å². The summed E-state index contributed by atoms with van der Waals surface area (Å²) in [6.07, 6.45) is 6.55. The van der Waals surface area contributed by atoms with Crippen molar-refractivity contribution < 1.29 is 21.6 Å². The van der Waals surface area contributed by atoms with E-state index in [-0.39, 0.29) is 22.4 Å². The predicted octanol–water partition coefficient (Wildman–Crippen LogP) is 2.34. The molecule has 8 heteroatoms. The molecule has 1 saturated carbocycles. The topological polar surface area (TPSA) is 89.5 Å². The highest BCUT2D eigenvalue weighted by atomic mass is 32.2. The van der Waals surface area contributed by atoms with E-state index in [1.54, 1.807) is 12.1 Å². The molecule has 0 unspecified atom stereocenters. The van der Waals surface area contributed by atoms with Gasteiger partial charge in [0.2, 0.25) is 0 Å². The molecule has 6 nitrogen and oxygen atoms in total. The van der Waals surface area contributed by atoms with Crippen LogP contribution >= 0.6 is 0 Å². The van der Waals surface area contributed by atoms with Crippen LogP contribution in [0.25, 0.3) is 0 Å². The van der Waals surface area contributed by atoms with Gasteiger partial charge in [0.25, 0.3) is 0 Å². The van der Waals surface area contributed by atoms with E-state index in [4.69, 9.17) is 4.74 Å². The van der Waals surface area contributed by atoms with Gasteiger partial charge in [-0.3, -0.25) is 0 Å². The molecule has 152 valence electrons. The summed E-state index contributed by atoms with van der Waals surface area (Å²) >= 11 is 0. The summed E-state index contributed by atoms with van der Waals surface area (Å²) in [6.45, 7) is 2.36. The summed E-state index contributed by atoms with van der Waals surface area (Å²) < 4.78 is 56.2. The Hall–Kier alpha value is -1.12. The molecule has 0 spiro atoms. The molecule has 0 amide bonds. The van der Waals surface area contributed by atoms with Gasteiger partial charge < -0.3 is 10.1 Å². The summed E-state index contributed by atoms with van der Waals surface area (Å²) in [6, 6.07) is 5.90. The summed E-state index contributed by atoms with van der Waals surface area (Å²) in [4.78, 5) is 0.153. The Labute approximate surface area is 162 Å². The molecule has 27 heavy (non-hydrogen) atoms. The van der Waals surface area contributed by atoms with E-state index in [1.807, 2.05) is 6.92 Å². The van der Waals surface area contributed by atoms with Crippen LogP contribution in [0.2, 0.25) is 0 Å². The molecule has 1 N–H and O–H groups in total. The number of nitrogens with one attached hydrogen (secondary N) is 1. The molecule has 0 bridgehead atoms. The maximum Gasteiger partial charge on any atom is 0.183 e. The maximum absolute atomic E-state index is 13.2. The summed E-state index contributed by atoms with van der Waals surface area (Å²) in [7, 11) is -7.13. The smallest absolute Gasteiger partial charge is 0.183 e. The highest BCUT2D eigenvalue weighted by Gasteiger charge is 2.46. The van der Waals surface area contributed by atoms with Gasteiger partial charge in [0, 0.05) is 12.1 Å². The maximum atomic E-state index is 13.2. The van der Waals surface area contributed by atoms with E-state index in [9.17, 15) is 16.8 Å². The lowest BCUT2D eigenvalue weighted by Gasteiger charge is -2.25. The van der Waals surface area contributed by atoms with E-state index in [2.05, 4.69) is 5.32 Å². The molecule has 0 aromatic heterocycles. The first-order valence-electron chi connectivity index (χ1n) is 9.75. The molecular formula is C19H29NO5S2. The number of hydrogen-bond acceptors (Lipinski definition) is 6. The first kappa shape index (κ1) is 20.6. The Morgan fingerprint density at radius 2 is 1.67 bits per heavy atom. The fraction of sp³-hybridized carbons (Fsp3) is 0.684. The number of hydrogen-bond donors (Lipinski definition) is 1. The lowest BCUT2D eigenvalue weighted by atomic mass is 10.1. The monoisotopic (exact) mass is 415 g/mol. The van der Waals surface area contributed by atoms with Gasteiger partial charge in [0.1, 0.15) is 5.75 Å². The summed E-state index contributed by atoms with van der Waals surface area (Å²) in [5.41, 5.74) is 0. The molecule has 2 aliphatic rings. The third-order valence-corrected chi connectivity index (χ3v) is 9.63. The third kappa shape index (κ3) is 5.03. The van der Waals surface area contributed by atoms with Gasteiger partial charge in [-0.25, -0.2) is 16.8 Å². The first-order valence-corrected chi connectivity index (χ1v) is 13.1. The molecule has 1 aliphatic heterocycles. The van der Waals surface area contributed by atoms with Crippen LogP contribution in [-0.2, 0) is 19.7 Å². The van der Waals surface area contributed by atoms with E-state index in [0.717, 1.165) is 25.7 Å². The average Bonchev–Trinajstić information content (AvgIpc) is 2.78. The van der Waals surface area contributed by atoms with Gasteiger partial charge in [0.05, 0.1) is 28.3 Å². The molecule has 1 aromatic carbocycles. The molecule has 3 rings (SSSR count). The van der Waals surface area contributed by atoms with Crippen LogP contribution in [0.1, 0.15) is 45.4 Å². The molecule has 1 aromatic rings. The van der Waals surface area contributed by atoms with Crippen LogP contribution in [0.4, 0.5) is 0 Å². The van der Waals surface area contributed by atoms with Crippen molar-refractivity contribution in [2.45, 2.75) is 67.7 Å². The number of ether oxygens (including phenoxy) is 1. The van der Waals surface area contributed by atoms with Crippen molar-refractivity contribution in [2.75, 3.05) is 18.1 Å². The van der Waals surface area contributed by atoms with Crippen LogP contribution in [0, 0.1) is 0 Å². The van der Waals surface area contributed by atoms with Crippen molar-refractivity contribution in [1.82, 2.24) is 5.32 Å². The molecule has 1 heterocycles. The summed E-state index contributed by atoms with van der Waals surface area (Å²) in [5, 5.41) is 2.45. The minimum absolute atomic E-state index is 0.107.